The van der Waals surface area contributed by atoms with E-state index in [1.165, 1.54) is 12.3 Å². The summed E-state index contributed by atoms with van der Waals surface area (Å²) in [5, 5.41) is 9.69. The van der Waals surface area contributed by atoms with Crippen LogP contribution in [0.15, 0.2) is 29.2 Å². The molecule has 1 aliphatic rings. The van der Waals surface area contributed by atoms with Crippen LogP contribution >= 0.6 is 11.6 Å². The van der Waals surface area contributed by atoms with E-state index >= 15 is 0 Å². The van der Waals surface area contributed by atoms with Crippen molar-refractivity contribution in [3.63, 3.8) is 0 Å². The SMILES string of the molecule is CCOc1cc2c(cc1Cl)-c1cc(=O)c(C(=O)O)cn1[C@H](CC)C2. The highest BCUT2D eigenvalue weighted by Gasteiger charge is 2.26. The number of benzene rings is 1. The normalized spacial score (nSPS) is 15.5. The number of fused-ring (bicyclic) bond motifs is 3. The molecule has 2 heterocycles. The Kier molecular flexibility index (Phi) is 4.37. The summed E-state index contributed by atoms with van der Waals surface area (Å²) in [5.74, 6) is -0.577. The van der Waals surface area contributed by atoms with Gasteiger partial charge in [-0.1, -0.05) is 18.5 Å². The smallest absolute Gasteiger partial charge is 0.341 e. The molecule has 126 valence electrons. The number of carbonyl (C=O) groups is 1. The lowest BCUT2D eigenvalue weighted by atomic mass is 9.91. The number of aromatic nitrogens is 1. The lowest BCUT2D eigenvalue weighted by Gasteiger charge is -2.30. The van der Waals surface area contributed by atoms with Crippen LogP contribution in [0.4, 0.5) is 0 Å². The highest BCUT2D eigenvalue weighted by Crippen LogP contribution is 2.40. The number of hydrogen-bond donors (Lipinski definition) is 1. The average molecular weight is 348 g/mol. The van der Waals surface area contributed by atoms with Gasteiger partial charge >= 0.3 is 5.97 Å². The minimum atomic E-state index is -1.21. The van der Waals surface area contributed by atoms with Gasteiger partial charge in [-0.2, -0.15) is 0 Å². The predicted molar refractivity (Wildman–Crippen MR) is 92.3 cm³/mol. The van der Waals surface area contributed by atoms with Crippen molar-refractivity contribution in [3.8, 4) is 17.0 Å². The summed E-state index contributed by atoms with van der Waals surface area (Å²) < 4.78 is 7.43. The van der Waals surface area contributed by atoms with Crippen molar-refractivity contribution in [1.82, 2.24) is 4.57 Å². The zero-order valence-electron chi connectivity index (χ0n) is 13.5. The van der Waals surface area contributed by atoms with Crippen LogP contribution in [-0.4, -0.2) is 22.2 Å². The van der Waals surface area contributed by atoms with Crippen molar-refractivity contribution in [2.24, 2.45) is 0 Å². The monoisotopic (exact) mass is 347 g/mol. The average Bonchev–Trinajstić information content (AvgIpc) is 2.54. The van der Waals surface area contributed by atoms with Gasteiger partial charge < -0.3 is 14.4 Å². The molecule has 0 aliphatic carbocycles. The predicted octanol–water partition coefficient (Wildman–Crippen LogP) is 3.77. The van der Waals surface area contributed by atoms with E-state index in [-0.39, 0.29) is 11.6 Å². The molecule has 1 aromatic heterocycles. The van der Waals surface area contributed by atoms with Gasteiger partial charge in [-0.3, -0.25) is 4.79 Å². The summed E-state index contributed by atoms with van der Waals surface area (Å²) in [6, 6.07) is 5.19. The maximum absolute atomic E-state index is 12.1. The lowest BCUT2D eigenvalue weighted by molar-refractivity contribution is 0.0694. The summed E-state index contributed by atoms with van der Waals surface area (Å²) in [6.07, 6.45) is 3.00. The van der Waals surface area contributed by atoms with Gasteiger partial charge in [0.05, 0.1) is 17.3 Å². The molecule has 1 atom stereocenters. The molecule has 0 unspecified atom stereocenters. The van der Waals surface area contributed by atoms with E-state index < -0.39 is 11.4 Å². The van der Waals surface area contributed by atoms with Gasteiger partial charge in [-0.15, -0.1) is 0 Å². The van der Waals surface area contributed by atoms with E-state index in [2.05, 4.69) is 0 Å². The second-order valence-corrected chi connectivity index (χ2v) is 6.20. The Labute approximate surface area is 144 Å². The van der Waals surface area contributed by atoms with Crippen LogP contribution in [0.5, 0.6) is 5.75 Å². The van der Waals surface area contributed by atoms with Crippen molar-refractivity contribution in [1.29, 1.82) is 0 Å². The van der Waals surface area contributed by atoms with E-state index in [4.69, 9.17) is 16.3 Å². The fourth-order valence-electron chi connectivity index (χ4n) is 3.19. The van der Waals surface area contributed by atoms with Gasteiger partial charge in [0, 0.05) is 23.9 Å². The van der Waals surface area contributed by atoms with Crippen LogP contribution in [-0.2, 0) is 6.42 Å². The molecular weight excluding hydrogens is 330 g/mol. The fourth-order valence-corrected chi connectivity index (χ4v) is 3.41. The van der Waals surface area contributed by atoms with Crippen molar-refractivity contribution < 1.29 is 14.6 Å². The van der Waals surface area contributed by atoms with E-state index in [1.54, 1.807) is 6.07 Å². The molecule has 1 aliphatic heterocycles. The number of carboxylic acid groups (broad SMARTS) is 1. The zero-order valence-corrected chi connectivity index (χ0v) is 14.3. The molecule has 0 amide bonds. The first kappa shape index (κ1) is 16.6. The number of pyridine rings is 1. The topological polar surface area (TPSA) is 68.5 Å². The standard InChI is InChI=1S/C18H18ClNO4/c1-3-11-5-10-6-17(24-4-2)14(19)7-12(10)15-8-16(21)13(18(22)23)9-20(11)15/h6-9,11H,3-5H2,1-2H3,(H,22,23)/t11-/m1/s1. The highest BCUT2D eigenvalue weighted by molar-refractivity contribution is 6.32. The quantitative estimate of drug-likeness (QED) is 0.914. The minimum absolute atomic E-state index is 0.0850. The first-order valence-electron chi connectivity index (χ1n) is 7.91. The van der Waals surface area contributed by atoms with Crippen LogP contribution in [0.1, 0.15) is 42.2 Å². The third kappa shape index (κ3) is 2.69. The van der Waals surface area contributed by atoms with Gasteiger partial charge in [0.1, 0.15) is 11.3 Å². The van der Waals surface area contributed by atoms with E-state index in [0.717, 1.165) is 24.0 Å². The third-order valence-corrected chi connectivity index (χ3v) is 4.66. The number of carboxylic acids is 1. The summed E-state index contributed by atoms with van der Waals surface area (Å²) in [7, 11) is 0. The molecule has 1 aromatic carbocycles. The summed E-state index contributed by atoms with van der Waals surface area (Å²) in [4.78, 5) is 23.4. The molecule has 0 fully saturated rings. The van der Waals surface area contributed by atoms with Crippen molar-refractivity contribution >= 4 is 17.6 Å². The zero-order chi connectivity index (χ0) is 17.4. The van der Waals surface area contributed by atoms with Gasteiger partial charge in [0.15, 0.2) is 5.43 Å². The maximum atomic E-state index is 12.1. The second kappa shape index (κ2) is 6.32. The third-order valence-electron chi connectivity index (χ3n) is 4.36. The van der Waals surface area contributed by atoms with Crippen LogP contribution in [0.2, 0.25) is 5.02 Å². The first-order valence-corrected chi connectivity index (χ1v) is 8.29. The van der Waals surface area contributed by atoms with Crippen LogP contribution in [0, 0.1) is 0 Å². The Morgan fingerprint density at radius 2 is 2.12 bits per heavy atom. The van der Waals surface area contributed by atoms with Gasteiger partial charge in [0.2, 0.25) is 0 Å². The number of hydrogen-bond acceptors (Lipinski definition) is 3. The first-order chi connectivity index (χ1) is 11.5. The van der Waals surface area contributed by atoms with Gasteiger partial charge in [-0.05, 0) is 37.5 Å². The van der Waals surface area contributed by atoms with Gasteiger partial charge in [0.25, 0.3) is 0 Å². The van der Waals surface area contributed by atoms with Crippen LogP contribution in [0.25, 0.3) is 11.3 Å². The number of aromatic carboxylic acids is 1. The lowest BCUT2D eigenvalue weighted by Crippen LogP contribution is -2.25. The number of rotatable bonds is 4. The Bertz CT molecular complexity index is 872. The molecule has 0 saturated heterocycles. The molecule has 0 radical (unpaired) electrons. The summed E-state index contributed by atoms with van der Waals surface area (Å²) >= 11 is 6.29. The van der Waals surface area contributed by atoms with Crippen molar-refractivity contribution in [2.75, 3.05) is 6.61 Å². The molecule has 24 heavy (non-hydrogen) atoms. The molecule has 1 N–H and O–H groups in total. The summed E-state index contributed by atoms with van der Waals surface area (Å²) in [5.41, 5.74) is 1.89. The molecule has 0 bridgehead atoms. The van der Waals surface area contributed by atoms with Gasteiger partial charge in [-0.25, -0.2) is 4.79 Å². The largest absolute Gasteiger partial charge is 0.492 e. The van der Waals surface area contributed by atoms with Crippen molar-refractivity contribution in [3.05, 3.63) is 50.8 Å². The van der Waals surface area contributed by atoms with E-state index in [0.29, 0.717) is 23.1 Å². The Morgan fingerprint density at radius 1 is 1.38 bits per heavy atom. The molecular formula is C18H18ClNO4. The Hall–Kier alpha value is -2.27. The van der Waals surface area contributed by atoms with Crippen LogP contribution < -0.4 is 10.2 Å². The highest BCUT2D eigenvalue weighted by atomic mass is 35.5. The molecule has 0 spiro atoms. The fraction of sp³-hybridized carbons (Fsp3) is 0.333. The summed E-state index contributed by atoms with van der Waals surface area (Å²) in [6.45, 7) is 4.46. The van der Waals surface area contributed by atoms with E-state index in [9.17, 15) is 14.7 Å². The number of nitrogens with zero attached hydrogens (tertiary/aromatic N) is 1. The molecule has 5 nitrogen and oxygen atoms in total. The molecule has 2 aromatic rings. The second-order valence-electron chi connectivity index (χ2n) is 5.79. The number of halogens is 1. The molecule has 6 heteroatoms. The van der Waals surface area contributed by atoms with Crippen LogP contribution in [0.3, 0.4) is 0 Å². The minimum Gasteiger partial charge on any atom is -0.492 e. The maximum Gasteiger partial charge on any atom is 0.341 e. The van der Waals surface area contributed by atoms with Crippen molar-refractivity contribution in [2.45, 2.75) is 32.7 Å². The molecule has 3 rings (SSSR count). The molecule has 0 saturated carbocycles. The van der Waals surface area contributed by atoms with E-state index in [1.807, 2.05) is 24.5 Å². The Balaban J connectivity index is 2.24. The Morgan fingerprint density at radius 3 is 2.75 bits per heavy atom. The number of ether oxygens (including phenoxy) is 1.